The highest BCUT2D eigenvalue weighted by Gasteiger charge is 2.19. The number of carbonyl (C=O) groups is 2. The van der Waals surface area contributed by atoms with Crippen LogP contribution in [0.4, 0.5) is 16.5 Å². The molecule has 1 aromatic heterocycles. The fourth-order valence-corrected chi connectivity index (χ4v) is 4.02. The number of carbonyl (C=O) groups excluding carboxylic acids is 2. The summed E-state index contributed by atoms with van der Waals surface area (Å²) < 4.78 is 10.4. The fraction of sp³-hybridized carbons (Fsp3) is 0.167. The smallest absolute Gasteiger partial charge is 0.266 e. The van der Waals surface area contributed by atoms with Crippen LogP contribution in [0.3, 0.4) is 0 Å². The van der Waals surface area contributed by atoms with E-state index in [2.05, 4.69) is 10.3 Å². The van der Waals surface area contributed by atoms with Gasteiger partial charge in [-0.25, -0.2) is 4.98 Å². The molecule has 0 atom stereocenters. The number of rotatable bonds is 7. The third kappa shape index (κ3) is 5.54. The summed E-state index contributed by atoms with van der Waals surface area (Å²) in [6, 6.07) is 12.1. The summed E-state index contributed by atoms with van der Waals surface area (Å²) >= 11 is 7.32. The number of thiazole rings is 1. The molecule has 0 aliphatic carbocycles. The van der Waals surface area contributed by atoms with E-state index in [4.69, 9.17) is 21.1 Å². The van der Waals surface area contributed by atoms with E-state index in [-0.39, 0.29) is 11.5 Å². The second kappa shape index (κ2) is 10.8. The number of nitrogens with one attached hydrogen (secondary N) is 1. The molecule has 0 unspecified atom stereocenters. The predicted molar refractivity (Wildman–Crippen MR) is 133 cm³/mol. The minimum atomic E-state index is -0.629. The number of nitriles is 1. The summed E-state index contributed by atoms with van der Waals surface area (Å²) in [4.78, 5) is 30.9. The number of halogens is 1. The van der Waals surface area contributed by atoms with Crippen LogP contribution in [0, 0.1) is 18.3 Å². The number of aromatic nitrogens is 1. The highest BCUT2D eigenvalue weighted by atomic mass is 35.5. The van der Waals surface area contributed by atoms with Crippen molar-refractivity contribution in [3.63, 3.8) is 0 Å². The Bertz CT molecular complexity index is 1300. The van der Waals surface area contributed by atoms with Gasteiger partial charge in [-0.2, -0.15) is 5.26 Å². The van der Waals surface area contributed by atoms with Gasteiger partial charge in [0.1, 0.15) is 23.1 Å². The molecular formula is C24H21ClN4O4S. The first-order valence-corrected chi connectivity index (χ1v) is 11.2. The second-order valence-corrected chi connectivity index (χ2v) is 8.28. The molecule has 0 saturated heterocycles. The van der Waals surface area contributed by atoms with E-state index >= 15 is 0 Å². The van der Waals surface area contributed by atoms with Crippen LogP contribution in [0.25, 0.3) is 6.08 Å². The van der Waals surface area contributed by atoms with Gasteiger partial charge in [-0.1, -0.05) is 11.6 Å². The Hall–Kier alpha value is -3.87. The summed E-state index contributed by atoms with van der Waals surface area (Å²) in [6.07, 6.45) is 1.36. The third-order valence-corrected chi connectivity index (χ3v) is 5.98. The lowest BCUT2D eigenvalue weighted by molar-refractivity contribution is -0.116. The molecule has 8 nitrogen and oxygen atoms in total. The fourth-order valence-electron chi connectivity index (χ4n) is 3.02. The average molecular weight is 497 g/mol. The second-order valence-electron chi connectivity index (χ2n) is 7.03. The van der Waals surface area contributed by atoms with Crippen molar-refractivity contribution in [1.82, 2.24) is 4.98 Å². The van der Waals surface area contributed by atoms with Crippen LogP contribution in [-0.4, -0.2) is 31.0 Å². The zero-order chi connectivity index (χ0) is 24.8. The average Bonchev–Trinajstić information content (AvgIpc) is 3.27. The molecule has 1 N–H and O–H groups in total. The van der Waals surface area contributed by atoms with Gasteiger partial charge in [-0.15, -0.1) is 11.3 Å². The Morgan fingerprint density at radius 1 is 1.21 bits per heavy atom. The van der Waals surface area contributed by atoms with Crippen LogP contribution in [0.15, 0.2) is 47.4 Å². The summed E-state index contributed by atoms with van der Waals surface area (Å²) in [7, 11) is 3.02. The minimum Gasteiger partial charge on any atom is -0.497 e. The van der Waals surface area contributed by atoms with E-state index < -0.39 is 5.91 Å². The molecule has 0 spiro atoms. The van der Waals surface area contributed by atoms with Crippen LogP contribution in [-0.2, 0) is 9.59 Å². The van der Waals surface area contributed by atoms with Crippen molar-refractivity contribution in [1.29, 1.82) is 5.26 Å². The quantitative estimate of drug-likeness (QED) is 0.349. The van der Waals surface area contributed by atoms with Gasteiger partial charge in [0.2, 0.25) is 5.91 Å². The molecule has 0 aliphatic rings. The molecular weight excluding hydrogens is 476 g/mol. The maximum absolute atomic E-state index is 12.8. The maximum atomic E-state index is 12.8. The number of hydrogen-bond donors (Lipinski definition) is 1. The molecule has 2 aromatic carbocycles. The van der Waals surface area contributed by atoms with E-state index in [0.717, 1.165) is 5.56 Å². The van der Waals surface area contributed by atoms with Gasteiger partial charge in [0, 0.05) is 23.4 Å². The largest absolute Gasteiger partial charge is 0.497 e. The number of benzene rings is 2. The first kappa shape index (κ1) is 24.8. The standard InChI is InChI=1S/C24H21ClN4O4S/c1-14-9-21(22(33-4)11-20(14)25)28-23(31)16(12-26)10-17-13-34-24(27-17)29(15(2)30)18-5-7-19(32-3)8-6-18/h5-11,13H,1-4H3,(H,28,31)/b16-10+. The molecule has 10 heteroatoms. The van der Waals surface area contributed by atoms with Gasteiger partial charge >= 0.3 is 0 Å². The normalized spacial score (nSPS) is 10.9. The van der Waals surface area contributed by atoms with Crippen molar-refractivity contribution >= 4 is 57.3 Å². The summed E-state index contributed by atoms with van der Waals surface area (Å²) in [5, 5.41) is 14.8. The van der Waals surface area contributed by atoms with Crippen LogP contribution in [0.2, 0.25) is 5.02 Å². The van der Waals surface area contributed by atoms with E-state index in [0.29, 0.717) is 38.7 Å². The number of amides is 2. The SMILES string of the molecule is COc1ccc(N(C(C)=O)c2nc(/C=C(\C#N)C(=O)Nc3cc(C)c(Cl)cc3OC)cs2)cc1. The van der Waals surface area contributed by atoms with Gasteiger partial charge < -0.3 is 14.8 Å². The maximum Gasteiger partial charge on any atom is 0.266 e. The van der Waals surface area contributed by atoms with E-state index in [9.17, 15) is 14.9 Å². The van der Waals surface area contributed by atoms with Crippen molar-refractivity contribution in [3.05, 3.63) is 63.6 Å². The molecule has 0 aliphatic heterocycles. The lowest BCUT2D eigenvalue weighted by Crippen LogP contribution is -2.22. The monoisotopic (exact) mass is 496 g/mol. The van der Waals surface area contributed by atoms with Crippen molar-refractivity contribution in [3.8, 4) is 17.6 Å². The van der Waals surface area contributed by atoms with E-state index in [1.807, 2.05) is 6.07 Å². The molecule has 0 saturated carbocycles. The Morgan fingerprint density at radius 3 is 2.50 bits per heavy atom. The van der Waals surface area contributed by atoms with Crippen LogP contribution < -0.4 is 19.7 Å². The molecule has 174 valence electrons. The Balaban J connectivity index is 1.87. The summed E-state index contributed by atoms with van der Waals surface area (Å²) in [5.41, 5.74) is 1.95. The van der Waals surface area contributed by atoms with Crippen LogP contribution in [0.5, 0.6) is 11.5 Å². The molecule has 34 heavy (non-hydrogen) atoms. The molecule has 0 fully saturated rings. The first-order chi connectivity index (χ1) is 16.3. The number of methoxy groups -OCH3 is 2. The number of nitrogens with zero attached hydrogens (tertiary/aromatic N) is 3. The van der Waals surface area contributed by atoms with Gasteiger partial charge in [0.05, 0.1) is 31.3 Å². The molecule has 0 bridgehead atoms. The van der Waals surface area contributed by atoms with Gasteiger partial charge in [0.25, 0.3) is 5.91 Å². The highest BCUT2D eigenvalue weighted by Crippen LogP contribution is 2.32. The Morgan fingerprint density at radius 2 is 1.91 bits per heavy atom. The lowest BCUT2D eigenvalue weighted by atomic mass is 10.1. The van der Waals surface area contributed by atoms with Crippen molar-refractivity contribution in [2.75, 3.05) is 24.4 Å². The predicted octanol–water partition coefficient (Wildman–Crippen LogP) is 5.35. The number of ether oxygens (including phenoxy) is 2. The third-order valence-electron chi connectivity index (χ3n) is 4.73. The summed E-state index contributed by atoms with van der Waals surface area (Å²) in [6.45, 7) is 3.22. The van der Waals surface area contributed by atoms with Crippen molar-refractivity contribution < 1.29 is 19.1 Å². The van der Waals surface area contributed by atoms with E-state index in [1.165, 1.54) is 36.3 Å². The van der Waals surface area contributed by atoms with Gasteiger partial charge in [-0.3, -0.25) is 14.5 Å². The Labute approximate surface area is 206 Å². The zero-order valence-corrected chi connectivity index (χ0v) is 20.5. The first-order valence-electron chi connectivity index (χ1n) is 9.95. The number of anilines is 3. The van der Waals surface area contributed by atoms with E-state index in [1.54, 1.807) is 55.8 Å². The zero-order valence-electron chi connectivity index (χ0n) is 18.9. The van der Waals surface area contributed by atoms with Crippen molar-refractivity contribution in [2.45, 2.75) is 13.8 Å². The molecule has 2 amide bonds. The number of aryl methyl sites for hydroxylation is 1. The van der Waals surface area contributed by atoms with Crippen LogP contribution >= 0.6 is 22.9 Å². The number of hydrogen-bond acceptors (Lipinski definition) is 7. The molecule has 0 radical (unpaired) electrons. The Kier molecular flexibility index (Phi) is 7.89. The van der Waals surface area contributed by atoms with Crippen LogP contribution in [0.1, 0.15) is 18.2 Å². The van der Waals surface area contributed by atoms with Gasteiger partial charge in [0.15, 0.2) is 5.13 Å². The topological polar surface area (TPSA) is 105 Å². The van der Waals surface area contributed by atoms with Crippen molar-refractivity contribution in [2.24, 2.45) is 0 Å². The molecule has 3 aromatic rings. The van der Waals surface area contributed by atoms with Gasteiger partial charge in [-0.05, 0) is 48.9 Å². The summed E-state index contributed by atoms with van der Waals surface area (Å²) in [5.74, 6) is 0.162. The highest BCUT2D eigenvalue weighted by molar-refractivity contribution is 7.14. The molecule has 3 rings (SSSR count). The minimum absolute atomic E-state index is 0.162. The lowest BCUT2D eigenvalue weighted by Gasteiger charge is -2.18. The molecule has 1 heterocycles.